The summed E-state index contributed by atoms with van der Waals surface area (Å²) in [6.45, 7) is 1.85. The van der Waals surface area contributed by atoms with E-state index in [1.54, 1.807) is 0 Å². The van der Waals surface area contributed by atoms with Gasteiger partial charge in [-0.15, -0.1) is 0 Å². The van der Waals surface area contributed by atoms with E-state index in [2.05, 4.69) is 0 Å². The maximum Gasteiger partial charge on any atom is 0.0650 e. The lowest BCUT2D eigenvalue weighted by Crippen LogP contribution is -2.28. The minimum Gasteiger partial charge on any atom is -0.390 e. The van der Waals surface area contributed by atoms with Gasteiger partial charge in [-0.05, 0) is 25.7 Å². The maximum absolute atomic E-state index is 9.46. The summed E-state index contributed by atoms with van der Waals surface area (Å²) in [6, 6.07) is 0. The van der Waals surface area contributed by atoms with Crippen LogP contribution in [-0.4, -0.2) is 23.9 Å². The molecule has 0 radical (unpaired) electrons. The minimum atomic E-state index is -0.240. The van der Waals surface area contributed by atoms with Crippen molar-refractivity contribution in [3.8, 4) is 0 Å². The third-order valence-corrected chi connectivity index (χ3v) is 2.55. The third kappa shape index (κ3) is 1.32. The van der Waals surface area contributed by atoms with Crippen LogP contribution in [0.1, 0.15) is 25.7 Å². The van der Waals surface area contributed by atoms with Crippen molar-refractivity contribution in [1.29, 1.82) is 0 Å². The second-order valence-corrected chi connectivity index (χ2v) is 3.67. The molecule has 1 heterocycles. The summed E-state index contributed by atoms with van der Waals surface area (Å²) < 4.78 is 5.04. The van der Waals surface area contributed by atoms with E-state index in [1.807, 2.05) is 0 Å². The van der Waals surface area contributed by atoms with Crippen LogP contribution in [0.2, 0.25) is 0 Å². The van der Waals surface area contributed by atoms with Crippen LogP contribution in [0, 0.1) is 5.92 Å². The van der Waals surface area contributed by atoms with Gasteiger partial charge >= 0.3 is 0 Å². The van der Waals surface area contributed by atoms with Crippen molar-refractivity contribution in [1.82, 2.24) is 0 Å². The Balaban J connectivity index is 1.63. The number of rotatable bonds is 3. The third-order valence-electron chi connectivity index (χ3n) is 2.55. The van der Waals surface area contributed by atoms with Gasteiger partial charge in [0, 0.05) is 5.92 Å². The maximum atomic E-state index is 9.46. The average Bonchev–Trinajstić information content (AvgIpc) is 2.44. The van der Waals surface area contributed by atoms with E-state index in [9.17, 15) is 5.11 Å². The standard InChI is InChI=1S/C8H14O2/c9-8(3-4-8)2-1-7-5-10-6-7/h7,9H,1-6H2. The van der Waals surface area contributed by atoms with E-state index in [4.69, 9.17) is 4.74 Å². The van der Waals surface area contributed by atoms with Crippen LogP contribution in [0.5, 0.6) is 0 Å². The zero-order valence-electron chi connectivity index (χ0n) is 6.18. The van der Waals surface area contributed by atoms with Crippen LogP contribution in [0.3, 0.4) is 0 Å². The second-order valence-electron chi connectivity index (χ2n) is 3.67. The molecule has 0 atom stereocenters. The van der Waals surface area contributed by atoms with Crippen molar-refractivity contribution < 1.29 is 9.84 Å². The van der Waals surface area contributed by atoms with Gasteiger partial charge < -0.3 is 9.84 Å². The lowest BCUT2D eigenvalue weighted by molar-refractivity contribution is -0.0419. The Morgan fingerprint density at radius 3 is 2.50 bits per heavy atom. The topological polar surface area (TPSA) is 29.5 Å². The Bertz CT molecular complexity index is 125. The van der Waals surface area contributed by atoms with Crippen LogP contribution < -0.4 is 0 Å². The molecule has 2 aliphatic rings. The van der Waals surface area contributed by atoms with Crippen LogP contribution in [0.15, 0.2) is 0 Å². The Kier molecular flexibility index (Phi) is 1.46. The van der Waals surface area contributed by atoms with Gasteiger partial charge in [0.05, 0.1) is 18.8 Å². The molecule has 1 aliphatic heterocycles. The summed E-state index contributed by atoms with van der Waals surface area (Å²) in [6.07, 6.45) is 4.22. The van der Waals surface area contributed by atoms with Crippen LogP contribution in [-0.2, 0) is 4.74 Å². The Hall–Kier alpha value is -0.0800. The molecule has 1 aliphatic carbocycles. The van der Waals surface area contributed by atoms with E-state index in [0.717, 1.165) is 44.8 Å². The molecule has 0 aromatic rings. The minimum absolute atomic E-state index is 0.240. The van der Waals surface area contributed by atoms with Crippen molar-refractivity contribution in [2.75, 3.05) is 13.2 Å². The molecular formula is C8H14O2. The highest BCUT2D eigenvalue weighted by Crippen LogP contribution is 2.40. The van der Waals surface area contributed by atoms with Gasteiger partial charge in [-0.2, -0.15) is 0 Å². The molecule has 0 amide bonds. The highest BCUT2D eigenvalue weighted by molar-refractivity contribution is 4.93. The van der Waals surface area contributed by atoms with Gasteiger partial charge in [0.1, 0.15) is 0 Å². The number of ether oxygens (including phenoxy) is 1. The summed E-state index contributed by atoms with van der Waals surface area (Å²) >= 11 is 0. The zero-order chi connectivity index (χ0) is 7.03. The van der Waals surface area contributed by atoms with E-state index in [0.29, 0.717) is 0 Å². The lowest BCUT2D eigenvalue weighted by atomic mass is 9.99. The Morgan fingerprint density at radius 1 is 1.40 bits per heavy atom. The molecule has 0 unspecified atom stereocenters. The molecule has 0 aromatic carbocycles. The van der Waals surface area contributed by atoms with E-state index in [1.165, 1.54) is 0 Å². The molecule has 0 bridgehead atoms. The highest BCUT2D eigenvalue weighted by atomic mass is 16.5. The van der Waals surface area contributed by atoms with Gasteiger partial charge in [-0.3, -0.25) is 0 Å². The average molecular weight is 142 g/mol. The molecule has 58 valence electrons. The predicted molar refractivity (Wildman–Crippen MR) is 37.7 cm³/mol. The van der Waals surface area contributed by atoms with Crippen molar-refractivity contribution in [2.24, 2.45) is 5.92 Å². The summed E-state index contributed by atoms with van der Waals surface area (Å²) in [5.74, 6) is 0.754. The fourth-order valence-electron chi connectivity index (χ4n) is 1.32. The number of hydrogen-bond acceptors (Lipinski definition) is 2. The SMILES string of the molecule is OC1(CCC2COC2)CC1. The Morgan fingerprint density at radius 2 is 2.10 bits per heavy atom. The molecule has 2 heteroatoms. The number of hydrogen-bond donors (Lipinski definition) is 1. The smallest absolute Gasteiger partial charge is 0.0650 e. The molecular weight excluding hydrogens is 128 g/mol. The van der Waals surface area contributed by atoms with E-state index in [-0.39, 0.29) is 5.60 Å². The zero-order valence-corrected chi connectivity index (χ0v) is 6.18. The van der Waals surface area contributed by atoms with Gasteiger partial charge in [-0.25, -0.2) is 0 Å². The van der Waals surface area contributed by atoms with Crippen LogP contribution in [0.4, 0.5) is 0 Å². The van der Waals surface area contributed by atoms with Crippen molar-refractivity contribution in [2.45, 2.75) is 31.3 Å². The first-order chi connectivity index (χ1) is 4.79. The largest absolute Gasteiger partial charge is 0.390 e. The second kappa shape index (κ2) is 2.21. The lowest BCUT2D eigenvalue weighted by Gasteiger charge is -2.26. The normalized spacial score (nSPS) is 29.7. The van der Waals surface area contributed by atoms with Gasteiger partial charge in [-0.1, -0.05) is 0 Å². The highest BCUT2D eigenvalue weighted by Gasteiger charge is 2.40. The van der Waals surface area contributed by atoms with Crippen molar-refractivity contribution in [3.05, 3.63) is 0 Å². The van der Waals surface area contributed by atoms with Crippen LogP contribution in [0.25, 0.3) is 0 Å². The summed E-state index contributed by atoms with van der Waals surface area (Å²) in [7, 11) is 0. The van der Waals surface area contributed by atoms with Gasteiger partial charge in [0.2, 0.25) is 0 Å². The monoisotopic (exact) mass is 142 g/mol. The first kappa shape index (κ1) is 6.62. The molecule has 0 aromatic heterocycles. The van der Waals surface area contributed by atoms with Gasteiger partial charge in [0.25, 0.3) is 0 Å². The predicted octanol–water partition coefficient (Wildman–Crippen LogP) is 0.938. The van der Waals surface area contributed by atoms with Crippen LogP contribution >= 0.6 is 0 Å². The molecule has 0 spiro atoms. The molecule has 2 rings (SSSR count). The quantitative estimate of drug-likeness (QED) is 0.635. The Labute approximate surface area is 61.2 Å². The van der Waals surface area contributed by atoms with Crippen molar-refractivity contribution in [3.63, 3.8) is 0 Å². The van der Waals surface area contributed by atoms with Gasteiger partial charge in [0.15, 0.2) is 0 Å². The summed E-state index contributed by atoms with van der Waals surface area (Å²) in [5, 5.41) is 9.46. The summed E-state index contributed by atoms with van der Waals surface area (Å²) in [4.78, 5) is 0. The summed E-state index contributed by atoms with van der Waals surface area (Å²) in [5.41, 5.74) is -0.240. The van der Waals surface area contributed by atoms with Crippen molar-refractivity contribution >= 4 is 0 Å². The molecule has 2 fully saturated rings. The molecule has 1 N–H and O–H groups in total. The van der Waals surface area contributed by atoms with E-state index < -0.39 is 0 Å². The molecule has 2 nitrogen and oxygen atoms in total. The molecule has 1 saturated heterocycles. The molecule has 1 saturated carbocycles. The molecule has 10 heavy (non-hydrogen) atoms. The first-order valence-corrected chi connectivity index (χ1v) is 4.09. The number of aliphatic hydroxyl groups is 1. The fourth-order valence-corrected chi connectivity index (χ4v) is 1.32. The van der Waals surface area contributed by atoms with E-state index >= 15 is 0 Å². The first-order valence-electron chi connectivity index (χ1n) is 4.09. The fraction of sp³-hybridized carbons (Fsp3) is 1.00.